The first-order chi connectivity index (χ1) is 13.9. The first-order valence-corrected chi connectivity index (χ1v) is 9.77. The first kappa shape index (κ1) is 20.8. The van der Waals surface area contributed by atoms with Crippen molar-refractivity contribution in [1.82, 2.24) is 4.90 Å². The van der Waals surface area contributed by atoms with Crippen molar-refractivity contribution < 1.29 is 23.8 Å². The van der Waals surface area contributed by atoms with Gasteiger partial charge in [-0.3, -0.25) is 14.5 Å². The van der Waals surface area contributed by atoms with E-state index in [1.54, 1.807) is 18.2 Å². The largest absolute Gasteiger partial charge is 0.504 e. The number of thioether (sulfide) groups is 1. The molecule has 0 radical (unpaired) electrons. The Hall–Kier alpha value is -2.91. The number of rotatable bonds is 6. The number of phenols is 1. The maximum Gasteiger partial charge on any atom is 0.266 e. The summed E-state index contributed by atoms with van der Waals surface area (Å²) in [5.74, 6) is -0.686. The van der Waals surface area contributed by atoms with Crippen molar-refractivity contribution in [2.45, 2.75) is 6.42 Å². The van der Waals surface area contributed by atoms with Gasteiger partial charge in [0.15, 0.2) is 11.5 Å². The van der Waals surface area contributed by atoms with Crippen LogP contribution < -0.4 is 10.1 Å². The second-order valence-corrected chi connectivity index (χ2v) is 7.75. The van der Waals surface area contributed by atoms with Crippen molar-refractivity contribution >= 4 is 51.9 Å². The molecule has 9 heteroatoms. The van der Waals surface area contributed by atoms with Gasteiger partial charge in [-0.2, -0.15) is 0 Å². The summed E-state index contributed by atoms with van der Waals surface area (Å²) in [6, 6.07) is 10.2. The highest BCUT2D eigenvalue weighted by Gasteiger charge is 2.32. The Morgan fingerprint density at radius 1 is 1.31 bits per heavy atom. The van der Waals surface area contributed by atoms with E-state index < -0.39 is 5.82 Å². The molecule has 1 aliphatic heterocycles. The zero-order valence-corrected chi connectivity index (χ0v) is 17.0. The number of hydrogen-bond donors (Lipinski definition) is 2. The third kappa shape index (κ3) is 5.12. The molecule has 3 rings (SSSR count). The van der Waals surface area contributed by atoms with Gasteiger partial charge in [0.25, 0.3) is 5.91 Å². The molecule has 1 fully saturated rings. The third-order valence-corrected chi connectivity index (χ3v) is 5.44. The van der Waals surface area contributed by atoms with Crippen LogP contribution in [0, 0.1) is 5.82 Å². The van der Waals surface area contributed by atoms with Gasteiger partial charge in [0.2, 0.25) is 5.91 Å². The summed E-state index contributed by atoms with van der Waals surface area (Å²) < 4.78 is 18.3. The summed E-state index contributed by atoms with van der Waals surface area (Å²) in [6.07, 6.45) is 1.70. The van der Waals surface area contributed by atoms with Crippen LogP contribution in [0.3, 0.4) is 0 Å². The van der Waals surface area contributed by atoms with Gasteiger partial charge < -0.3 is 15.2 Å². The summed E-state index contributed by atoms with van der Waals surface area (Å²) >= 11 is 6.41. The van der Waals surface area contributed by atoms with Crippen molar-refractivity contribution in [3.8, 4) is 11.5 Å². The van der Waals surface area contributed by atoms with Crippen molar-refractivity contribution in [2.75, 3.05) is 19.0 Å². The molecule has 0 saturated carbocycles. The van der Waals surface area contributed by atoms with Crippen molar-refractivity contribution in [3.63, 3.8) is 0 Å². The van der Waals surface area contributed by atoms with Gasteiger partial charge in [0.1, 0.15) is 10.1 Å². The predicted octanol–water partition coefficient (Wildman–Crippen LogP) is 3.77. The molecule has 29 heavy (non-hydrogen) atoms. The van der Waals surface area contributed by atoms with Crippen LogP contribution in [0.1, 0.15) is 12.0 Å². The second kappa shape index (κ2) is 9.06. The average Bonchev–Trinajstić information content (AvgIpc) is 2.96. The molecule has 1 heterocycles. The van der Waals surface area contributed by atoms with Gasteiger partial charge >= 0.3 is 0 Å². The van der Waals surface area contributed by atoms with Crippen LogP contribution in [0.15, 0.2) is 47.4 Å². The van der Waals surface area contributed by atoms with Crippen LogP contribution in [-0.2, 0) is 9.59 Å². The van der Waals surface area contributed by atoms with Crippen LogP contribution in [0.2, 0.25) is 0 Å². The van der Waals surface area contributed by atoms with Gasteiger partial charge in [-0.05, 0) is 48.0 Å². The number of nitrogens with zero attached hydrogens (tertiary/aromatic N) is 1. The molecule has 1 saturated heterocycles. The Morgan fingerprint density at radius 3 is 2.72 bits per heavy atom. The van der Waals surface area contributed by atoms with E-state index in [4.69, 9.17) is 17.0 Å². The molecular weight excluding hydrogens is 415 g/mol. The van der Waals surface area contributed by atoms with E-state index in [0.29, 0.717) is 26.2 Å². The monoisotopic (exact) mass is 432 g/mol. The molecule has 2 aromatic carbocycles. The quantitative estimate of drug-likeness (QED) is 0.534. The number of anilines is 1. The zero-order chi connectivity index (χ0) is 21.0. The van der Waals surface area contributed by atoms with Crippen molar-refractivity contribution in [2.24, 2.45) is 0 Å². The van der Waals surface area contributed by atoms with Crippen LogP contribution in [0.25, 0.3) is 6.08 Å². The molecule has 1 aliphatic rings. The van der Waals surface area contributed by atoms with Gasteiger partial charge in [0, 0.05) is 18.7 Å². The number of hydrogen-bond acceptors (Lipinski definition) is 6. The normalized spacial score (nSPS) is 15.1. The van der Waals surface area contributed by atoms with E-state index in [9.17, 15) is 19.1 Å². The highest BCUT2D eigenvalue weighted by atomic mass is 32.2. The lowest BCUT2D eigenvalue weighted by Crippen LogP contribution is -2.31. The van der Waals surface area contributed by atoms with Gasteiger partial charge in [0.05, 0.1) is 12.0 Å². The summed E-state index contributed by atoms with van der Waals surface area (Å²) in [6.45, 7) is 0.133. The molecule has 0 aliphatic carbocycles. The number of benzene rings is 2. The summed E-state index contributed by atoms with van der Waals surface area (Å²) in [4.78, 5) is 26.5. The van der Waals surface area contributed by atoms with Gasteiger partial charge in [-0.15, -0.1) is 0 Å². The smallest absolute Gasteiger partial charge is 0.266 e. The van der Waals surface area contributed by atoms with E-state index in [1.807, 2.05) is 0 Å². The fourth-order valence-corrected chi connectivity index (χ4v) is 3.91. The molecule has 2 N–H and O–H groups in total. The molecule has 0 unspecified atom stereocenters. The lowest BCUT2D eigenvalue weighted by Gasteiger charge is -2.14. The van der Waals surface area contributed by atoms with E-state index >= 15 is 0 Å². The topological polar surface area (TPSA) is 78.9 Å². The molecule has 150 valence electrons. The van der Waals surface area contributed by atoms with E-state index in [-0.39, 0.29) is 30.5 Å². The fourth-order valence-electron chi connectivity index (χ4n) is 2.60. The number of phenolic OH excluding ortho intramolecular Hbond substituents is 1. The van der Waals surface area contributed by atoms with E-state index in [0.717, 1.165) is 11.8 Å². The minimum absolute atomic E-state index is 0.00404. The minimum Gasteiger partial charge on any atom is -0.504 e. The number of carbonyl (C=O) groups excluding carboxylic acids is 2. The third-order valence-electron chi connectivity index (χ3n) is 4.07. The lowest BCUT2D eigenvalue weighted by molar-refractivity contribution is -0.122. The number of thiocarbonyl (C=S) groups is 1. The van der Waals surface area contributed by atoms with Crippen molar-refractivity contribution in [1.29, 1.82) is 0 Å². The van der Waals surface area contributed by atoms with Crippen LogP contribution in [0.5, 0.6) is 11.5 Å². The molecule has 6 nitrogen and oxygen atoms in total. The fraction of sp³-hybridized carbons (Fsp3) is 0.150. The predicted molar refractivity (Wildman–Crippen MR) is 114 cm³/mol. The number of halogens is 1. The highest BCUT2D eigenvalue weighted by molar-refractivity contribution is 8.26. The number of carbonyl (C=O) groups is 2. The van der Waals surface area contributed by atoms with Crippen molar-refractivity contribution in [3.05, 3.63) is 58.8 Å². The summed E-state index contributed by atoms with van der Waals surface area (Å²) in [7, 11) is 1.44. The molecule has 2 aromatic rings. The number of aromatic hydroxyl groups is 1. The molecular formula is C20H17FN2O4S2. The Morgan fingerprint density at radius 2 is 2.03 bits per heavy atom. The average molecular weight is 432 g/mol. The van der Waals surface area contributed by atoms with E-state index in [2.05, 4.69) is 5.32 Å². The minimum atomic E-state index is -0.390. The molecule has 0 aromatic heterocycles. The summed E-state index contributed by atoms with van der Waals surface area (Å²) in [5.41, 5.74) is 1.15. The maximum atomic E-state index is 12.9. The standard InChI is InChI=1S/C20H17FN2O4S2/c1-27-16-10-12(2-7-15(16)24)11-17-19(26)23(20(28)29-17)9-8-18(25)22-14-5-3-13(21)4-6-14/h2-7,10-11,24H,8-9H2,1H3,(H,22,25)/b17-11-. The molecule has 0 atom stereocenters. The second-order valence-electron chi connectivity index (χ2n) is 6.07. The molecule has 2 amide bonds. The Balaban J connectivity index is 1.63. The zero-order valence-electron chi connectivity index (χ0n) is 15.3. The number of amides is 2. The number of nitrogens with one attached hydrogen (secondary N) is 1. The Kier molecular flexibility index (Phi) is 6.50. The number of ether oxygens (including phenoxy) is 1. The highest BCUT2D eigenvalue weighted by Crippen LogP contribution is 2.34. The van der Waals surface area contributed by atoms with Crippen LogP contribution in [-0.4, -0.2) is 39.8 Å². The maximum absolute atomic E-state index is 12.9. The van der Waals surface area contributed by atoms with Crippen LogP contribution in [0.4, 0.5) is 10.1 Å². The van der Waals surface area contributed by atoms with E-state index in [1.165, 1.54) is 42.3 Å². The lowest BCUT2D eigenvalue weighted by atomic mass is 10.2. The summed E-state index contributed by atoms with van der Waals surface area (Å²) in [5, 5.41) is 12.3. The first-order valence-electron chi connectivity index (χ1n) is 8.55. The van der Waals surface area contributed by atoms with Gasteiger partial charge in [-0.1, -0.05) is 30.0 Å². The molecule has 0 spiro atoms. The Bertz CT molecular complexity index is 992. The SMILES string of the molecule is COc1cc(/C=C2\SC(=S)N(CCC(=O)Nc3ccc(F)cc3)C2=O)ccc1O. The number of methoxy groups -OCH3 is 1. The van der Waals surface area contributed by atoms with Gasteiger partial charge in [-0.25, -0.2) is 4.39 Å². The van der Waals surface area contributed by atoms with Crippen LogP contribution >= 0.6 is 24.0 Å². The Labute approximate surface area is 176 Å². The molecule has 0 bridgehead atoms.